The number of rotatable bonds is 2. The molecule has 0 atom stereocenters. The van der Waals surface area contributed by atoms with Crippen molar-refractivity contribution in [2.24, 2.45) is 0 Å². The molecule has 0 aliphatic heterocycles. The molecule has 0 unspecified atom stereocenters. The van der Waals surface area contributed by atoms with Gasteiger partial charge in [-0.1, -0.05) is 0 Å². The summed E-state index contributed by atoms with van der Waals surface area (Å²) >= 11 is 9.86. The maximum absolute atomic E-state index is 8.33. The first kappa shape index (κ1) is 7.50. The van der Waals surface area contributed by atoms with E-state index in [0.717, 1.165) is 0 Å². The lowest BCUT2D eigenvalue weighted by Crippen LogP contribution is -2.15. The van der Waals surface area contributed by atoms with Crippen molar-refractivity contribution >= 4 is 23.2 Å². The molecule has 0 amide bonds. The van der Waals surface area contributed by atoms with Crippen LogP contribution in [0.2, 0.25) is 0 Å². The van der Waals surface area contributed by atoms with Gasteiger partial charge in [-0.05, 0) is 30.1 Å². The first-order chi connectivity index (χ1) is 3.06. The number of ether oxygens (including phenoxy) is 1. The Morgan fingerprint density at radius 3 is 2.14 bits per heavy atom. The van der Waals surface area contributed by atoms with E-state index in [0.29, 0.717) is 6.61 Å². The Labute approximate surface area is 52.0 Å². The van der Waals surface area contributed by atoms with Crippen molar-refractivity contribution in [3.05, 3.63) is 0 Å². The van der Waals surface area contributed by atoms with Gasteiger partial charge in [-0.3, -0.25) is 0 Å². The van der Waals surface area contributed by atoms with Crippen LogP contribution in [0.3, 0.4) is 0 Å². The fraction of sp³-hybridized carbons (Fsp3) is 1.00. The normalized spacial score (nSPS) is 12.0. The molecular formula is C3H6Cl2O2. The van der Waals surface area contributed by atoms with E-state index in [9.17, 15) is 0 Å². The third-order valence-electron chi connectivity index (χ3n) is 0.318. The number of aliphatic hydroxyl groups is 1. The zero-order valence-electron chi connectivity index (χ0n) is 3.82. The minimum Gasteiger partial charge on any atom is -0.340 e. The molecular weight excluding hydrogens is 139 g/mol. The number of alkyl halides is 2. The smallest absolute Gasteiger partial charge is 0.329 e. The van der Waals surface area contributed by atoms with Crippen LogP contribution in [0.5, 0.6) is 0 Å². The molecule has 0 bridgehead atoms. The Morgan fingerprint density at radius 2 is 2.14 bits per heavy atom. The number of halogens is 2. The molecule has 4 heteroatoms. The highest BCUT2D eigenvalue weighted by atomic mass is 35.5. The van der Waals surface area contributed by atoms with Gasteiger partial charge in [-0.2, -0.15) is 0 Å². The molecule has 0 aliphatic carbocycles. The monoisotopic (exact) mass is 144 g/mol. The quantitative estimate of drug-likeness (QED) is 0.465. The Kier molecular flexibility index (Phi) is 2.92. The van der Waals surface area contributed by atoms with Gasteiger partial charge in [0.2, 0.25) is 0 Å². The summed E-state index contributed by atoms with van der Waals surface area (Å²) in [6.07, 6.45) is 0. The summed E-state index contributed by atoms with van der Waals surface area (Å²) in [4.78, 5) is 0. The van der Waals surface area contributed by atoms with Crippen molar-refractivity contribution in [2.75, 3.05) is 6.61 Å². The van der Waals surface area contributed by atoms with E-state index in [2.05, 4.69) is 4.74 Å². The van der Waals surface area contributed by atoms with E-state index >= 15 is 0 Å². The van der Waals surface area contributed by atoms with Crippen LogP contribution in [0.15, 0.2) is 0 Å². The SMILES string of the molecule is CCOC(O)(Cl)Cl. The predicted molar refractivity (Wildman–Crippen MR) is 28.3 cm³/mol. The van der Waals surface area contributed by atoms with E-state index in [1.54, 1.807) is 6.92 Å². The lowest BCUT2D eigenvalue weighted by atomic mass is 10.9. The van der Waals surface area contributed by atoms with Crippen LogP contribution in [-0.2, 0) is 4.74 Å². The fourth-order valence-electron chi connectivity index (χ4n) is 0.174. The molecule has 0 fully saturated rings. The molecule has 2 nitrogen and oxygen atoms in total. The Hall–Kier alpha value is 0.500. The summed E-state index contributed by atoms with van der Waals surface area (Å²) < 4.78 is 2.31. The van der Waals surface area contributed by atoms with Gasteiger partial charge < -0.3 is 9.84 Å². The molecule has 7 heavy (non-hydrogen) atoms. The summed E-state index contributed by atoms with van der Waals surface area (Å²) in [5.41, 5.74) is 0. The third-order valence-corrected chi connectivity index (χ3v) is 0.536. The molecule has 0 aliphatic rings. The molecule has 0 saturated heterocycles. The van der Waals surface area contributed by atoms with Crippen molar-refractivity contribution in [2.45, 2.75) is 11.6 Å². The molecule has 0 aromatic carbocycles. The van der Waals surface area contributed by atoms with Crippen LogP contribution >= 0.6 is 23.2 Å². The van der Waals surface area contributed by atoms with Crippen LogP contribution in [0, 0.1) is 0 Å². The van der Waals surface area contributed by atoms with Crippen LogP contribution < -0.4 is 0 Å². The highest BCUT2D eigenvalue weighted by Crippen LogP contribution is 2.16. The van der Waals surface area contributed by atoms with E-state index in [-0.39, 0.29) is 0 Å². The summed E-state index contributed by atoms with van der Waals surface area (Å²) in [6, 6.07) is 0. The van der Waals surface area contributed by atoms with Crippen molar-refractivity contribution in [3.8, 4) is 0 Å². The predicted octanol–water partition coefficient (Wildman–Crippen LogP) is 1.10. The molecule has 0 aromatic heterocycles. The van der Waals surface area contributed by atoms with E-state index in [1.807, 2.05) is 0 Å². The standard InChI is InChI=1S/C3H6Cl2O2/c1-2-7-3(4,5)6/h6H,2H2,1H3. The third kappa shape index (κ3) is 6.50. The summed E-state index contributed by atoms with van der Waals surface area (Å²) in [6.45, 7) is 1.97. The largest absolute Gasteiger partial charge is 0.340 e. The van der Waals surface area contributed by atoms with Gasteiger partial charge in [0, 0.05) is 6.61 Å². The molecule has 0 radical (unpaired) electrons. The van der Waals surface area contributed by atoms with Crippen LogP contribution in [0.1, 0.15) is 6.92 Å². The lowest BCUT2D eigenvalue weighted by molar-refractivity contribution is -0.0687. The van der Waals surface area contributed by atoms with Crippen LogP contribution in [0.4, 0.5) is 0 Å². The van der Waals surface area contributed by atoms with Gasteiger partial charge in [-0.25, -0.2) is 0 Å². The molecule has 1 N–H and O–H groups in total. The van der Waals surface area contributed by atoms with E-state index in [1.165, 1.54) is 0 Å². The minimum atomic E-state index is -2.01. The average Bonchev–Trinajstić information content (AvgIpc) is 1.30. The van der Waals surface area contributed by atoms with Gasteiger partial charge in [-0.15, -0.1) is 0 Å². The molecule has 0 aromatic rings. The maximum Gasteiger partial charge on any atom is 0.329 e. The fourth-order valence-corrected chi connectivity index (χ4v) is 0.392. The summed E-state index contributed by atoms with van der Waals surface area (Å²) in [5.74, 6) is 0. The first-order valence-electron chi connectivity index (χ1n) is 1.80. The van der Waals surface area contributed by atoms with E-state index < -0.39 is 4.71 Å². The highest BCUT2D eigenvalue weighted by Gasteiger charge is 2.17. The van der Waals surface area contributed by atoms with Gasteiger partial charge >= 0.3 is 4.71 Å². The Balaban J connectivity index is 3.15. The topological polar surface area (TPSA) is 29.5 Å². The Morgan fingerprint density at radius 1 is 1.71 bits per heavy atom. The Bertz CT molecular complexity index is 49.4. The van der Waals surface area contributed by atoms with Crippen molar-refractivity contribution in [1.29, 1.82) is 0 Å². The summed E-state index contributed by atoms with van der Waals surface area (Å²) in [5, 5.41) is 8.33. The molecule has 0 rings (SSSR count). The van der Waals surface area contributed by atoms with Gasteiger partial charge in [0.15, 0.2) is 0 Å². The second-order valence-corrected chi connectivity index (χ2v) is 2.14. The van der Waals surface area contributed by atoms with Gasteiger partial charge in [0.1, 0.15) is 0 Å². The van der Waals surface area contributed by atoms with Crippen molar-refractivity contribution in [1.82, 2.24) is 0 Å². The lowest BCUT2D eigenvalue weighted by Gasteiger charge is -2.09. The molecule has 0 spiro atoms. The number of hydrogen-bond acceptors (Lipinski definition) is 2. The van der Waals surface area contributed by atoms with Crippen LogP contribution in [-0.4, -0.2) is 16.4 Å². The number of hydrogen-bond donors (Lipinski definition) is 1. The first-order valence-corrected chi connectivity index (χ1v) is 2.56. The highest BCUT2D eigenvalue weighted by molar-refractivity contribution is 6.45. The van der Waals surface area contributed by atoms with Crippen molar-refractivity contribution < 1.29 is 9.84 Å². The minimum absolute atomic E-state index is 0.295. The zero-order chi connectivity index (χ0) is 5.91. The van der Waals surface area contributed by atoms with Gasteiger partial charge in [0.05, 0.1) is 0 Å². The average molecular weight is 145 g/mol. The molecule has 0 heterocycles. The second kappa shape index (κ2) is 2.72. The van der Waals surface area contributed by atoms with Crippen molar-refractivity contribution in [3.63, 3.8) is 0 Å². The zero-order valence-corrected chi connectivity index (χ0v) is 5.33. The van der Waals surface area contributed by atoms with Crippen LogP contribution in [0.25, 0.3) is 0 Å². The second-order valence-electron chi connectivity index (χ2n) is 0.919. The summed E-state index contributed by atoms with van der Waals surface area (Å²) in [7, 11) is 0. The maximum atomic E-state index is 8.33. The molecule has 0 saturated carbocycles. The molecule has 44 valence electrons. The van der Waals surface area contributed by atoms with Gasteiger partial charge in [0.25, 0.3) is 0 Å². The van der Waals surface area contributed by atoms with E-state index in [4.69, 9.17) is 28.3 Å².